The van der Waals surface area contributed by atoms with Crippen molar-refractivity contribution in [2.24, 2.45) is 0 Å². The van der Waals surface area contributed by atoms with Crippen molar-refractivity contribution in [3.8, 4) is 17.2 Å². The minimum Gasteiger partial charge on any atom is -0.355 e. The zero-order chi connectivity index (χ0) is 24.2. The minimum absolute atomic E-state index is 0.149. The van der Waals surface area contributed by atoms with Gasteiger partial charge in [-0.15, -0.1) is 0 Å². The summed E-state index contributed by atoms with van der Waals surface area (Å²) < 4.78 is 2.00. The highest BCUT2D eigenvalue weighted by molar-refractivity contribution is 6.30. The molecule has 1 amide bonds. The van der Waals surface area contributed by atoms with Gasteiger partial charge < -0.3 is 10.2 Å². The molecule has 1 N–H and O–H groups in total. The van der Waals surface area contributed by atoms with Crippen LogP contribution in [0.3, 0.4) is 0 Å². The third-order valence-corrected chi connectivity index (χ3v) is 6.57. The van der Waals surface area contributed by atoms with E-state index in [0.717, 1.165) is 61.5 Å². The number of fused-ring (bicyclic) bond motifs is 1. The largest absolute Gasteiger partial charge is 0.355 e. The maximum Gasteiger partial charge on any atom is 0.220 e. The van der Waals surface area contributed by atoms with E-state index < -0.39 is 0 Å². The standard InChI is InChI=1S/C26H28ClN7O/c1-2-3-7-22(35)31-19-12-15-33(16-13-19)25-23-26(30-17-29-25)34(20-10-8-18(27)9-11-20)24(32-23)21-6-4-5-14-28-21/h4-6,8-11,14,17,19H,2-3,7,12-13,15-16H2,1H3,(H,31,35). The number of pyridine rings is 1. The minimum atomic E-state index is 0.149. The lowest BCUT2D eigenvalue weighted by atomic mass is 10.0. The Labute approximate surface area is 209 Å². The lowest BCUT2D eigenvalue weighted by Gasteiger charge is -2.33. The Balaban J connectivity index is 1.47. The van der Waals surface area contributed by atoms with Crippen molar-refractivity contribution in [3.63, 3.8) is 0 Å². The average molecular weight is 490 g/mol. The zero-order valence-electron chi connectivity index (χ0n) is 19.7. The number of halogens is 1. The molecular weight excluding hydrogens is 462 g/mol. The molecule has 0 bridgehead atoms. The number of anilines is 1. The van der Waals surface area contributed by atoms with Gasteiger partial charge in [-0.3, -0.25) is 14.3 Å². The maximum atomic E-state index is 12.2. The summed E-state index contributed by atoms with van der Waals surface area (Å²) in [5, 5.41) is 3.85. The molecule has 0 aliphatic carbocycles. The molecule has 5 rings (SSSR count). The quantitative estimate of drug-likeness (QED) is 0.401. The summed E-state index contributed by atoms with van der Waals surface area (Å²) in [5.41, 5.74) is 3.09. The Bertz CT molecular complexity index is 1300. The van der Waals surface area contributed by atoms with Gasteiger partial charge in [0.2, 0.25) is 5.91 Å². The number of nitrogens with one attached hydrogen (secondary N) is 1. The molecule has 1 saturated heterocycles. The lowest BCUT2D eigenvalue weighted by molar-refractivity contribution is -0.122. The molecule has 0 radical (unpaired) electrons. The number of hydrogen-bond donors (Lipinski definition) is 1. The summed E-state index contributed by atoms with van der Waals surface area (Å²) in [6, 6.07) is 13.6. The Hall–Kier alpha value is -3.52. The normalized spacial score (nSPS) is 14.4. The van der Waals surface area contributed by atoms with Crippen molar-refractivity contribution in [1.29, 1.82) is 0 Å². The van der Waals surface area contributed by atoms with E-state index in [1.54, 1.807) is 12.5 Å². The maximum absolute atomic E-state index is 12.2. The van der Waals surface area contributed by atoms with Crippen LogP contribution >= 0.6 is 11.6 Å². The predicted octanol–water partition coefficient (Wildman–Crippen LogP) is 4.81. The van der Waals surface area contributed by atoms with E-state index in [9.17, 15) is 4.79 Å². The third-order valence-electron chi connectivity index (χ3n) is 6.32. The zero-order valence-corrected chi connectivity index (χ0v) is 20.4. The Morgan fingerprint density at radius 1 is 1.09 bits per heavy atom. The summed E-state index contributed by atoms with van der Waals surface area (Å²) in [6.07, 6.45) is 7.64. The Morgan fingerprint density at radius 2 is 1.89 bits per heavy atom. The van der Waals surface area contributed by atoms with Crippen LogP contribution in [0.1, 0.15) is 39.0 Å². The van der Waals surface area contributed by atoms with Crippen LogP contribution in [-0.4, -0.2) is 49.5 Å². The van der Waals surface area contributed by atoms with Crippen LogP contribution in [0.4, 0.5) is 5.82 Å². The van der Waals surface area contributed by atoms with E-state index in [1.807, 2.05) is 47.0 Å². The van der Waals surface area contributed by atoms with Gasteiger partial charge in [-0.05, 0) is 55.7 Å². The monoisotopic (exact) mass is 489 g/mol. The molecule has 8 nitrogen and oxygen atoms in total. The number of hydrogen-bond acceptors (Lipinski definition) is 6. The molecule has 1 aromatic carbocycles. The first-order chi connectivity index (χ1) is 17.1. The van der Waals surface area contributed by atoms with Gasteiger partial charge in [0.25, 0.3) is 0 Å². The summed E-state index contributed by atoms with van der Waals surface area (Å²) >= 11 is 6.15. The van der Waals surface area contributed by atoms with Gasteiger partial charge in [-0.25, -0.2) is 15.0 Å². The van der Waals surface area contributed by atoms with Crippen molar-refractivity contribution in [2.75, 3.05) is 18.0 Å². The average Bonchev–Trinajstić information content (AvgIpc) is 3.29. The molecule has 1 aliphatic rings. The molecule has 35 heavy (non-hydrogen) atoms. The molecule has 4 heterocycles. The van der Waals surface area contributed by atoms with Crippen LogP contribution in [0.5, 0.6) is 0 Å². The van der Waals surface area contributed by atoms with Crippen molar-refractivity contribution in [2.45, 2.75) is 45.1 Å². The highest BCUT2D eigenvalue weighted by atomic mass is 35.5. The number of piperidine rings is 1. The van der Waals surface area contributed by atoms with Gasteiger partial charge in [-0.2, -0.15) is 0 Å². The molecule has 3 aromatic heterocycles. The highest BCUT2D eigenvalue weighted by Crippen LogP contribution is 2.32. The van der Waals surface area contributed by atoms with Gasteiger partial charge in [-0.1, -0.05) is 31.0 Å². The van der Waals surface area contributed by atoms with E-state index in [2.05, 4.69) is 32.1 Å². The van der Waals surface area contributed by atoms with E-state index >= 15 is 0 Å². The molecule has 180 valence electrons. The fraction of sp³-hybridized carbons (Fsp3) is 0.346. The van der Waals surface area contributed by atoms with Gasteiger partial charge in [0.1, 0.15) is 12.0 Å². The number of imidazole rings is 1. The van der Waals surface area contributed by atoms with Crippen LogP contribution in [0.2, 0.25) is 5.02 Å². The SMILES string of the molecule is CCCCC(=O)NC1CCN(c2ncnc3c2nc(-c2ccccn2)n3-c2ccc(Cl)cc2)CC1. The number of nitrogens with zero attached hydrogens (tertiary/aromatic N) is 6. The van der Waals surface area contributed by atoms with Crippen LogP contribution in [0, 0.1) is 0 Å². The molecule has 4 aromatic rings. The van der Waals surface area contributed by atoms with Crippen LogP contribution in [0.25, 0.3) is 28.4 Å². The van der Waals surface area contributed by atoms with Crippen LogP contribution in [0.15, 0.2) is 55.0 Å². The number of unbranched alkanes of at least 4 members (excludes halogenated alkanes) is 1. The van der Waals surface area contributed by atoms with Crippen molar-refractivity contribution < 1.29 is 4.79 Å². The van der Waals surface area contributed by atoms with E-state index in [-0.39, 0.29) is 11.9 Å². The molecule has 0 atom stereocenters. The Morgan fingerprint density at radius 3 is 2.60 bits per heavy atom. The Kier molecular flexibility index (Phi) is 6.90. The van der Waals surface area contributed by atoms with Crippen LogP contribution in [-0.2, 0) is 4.79 Å². The molecule has 0 spiro atoms. The molecule has 1 fully saturated rings. The predicted molar refractivity (Wildman–Crippen MR) is 138 cm³/mol. The highest BCUT2D eigenvalue weighted by Gasteiger charge is 2.26. The number of rotatable bonds is 7. The summed E-state index contributed by atoms with van der Waals surface area (Å²) in [7, 11) is 0. The molecule has 0 saturated carbocycles. The van der Waals surface area contributed by atoms with Crippen LogP contribution < -0.4 is 10.2 Å². The first-order valence-electron chi connectivity index (χ1n) is 12.1. The van der Waals surface area contributed by atoms with Crippen molar-refractivity contribution in [1.82, 2.24) is 29.8 Å². The van der Waals surface area contributed by atoms with Gasteiger partial charge in [0.15, 0.2) is 22.8 Å². The number of amides is 1. The number of benzene rings is 1. The second kappa shape index (κ2) is 10.4. The first kappa shape index (κ1) is 23.2. The first-order valence-corrected chi connectivity index (χ1v) is 12.5. The topological polar surface area (TPSA) is 88.8 Å². The lowest BCUT2D eigenvalue weighted by Crippen LogP contribution is -2.45. The van der Waals surface area contributed by atoms with Gasteiger partial charge >= 0.3 is 0 Å². The van der Waals surface area contributed by atoms with E-state index in [0.29, 0.717) is 22.9 Å². The summed E-state index contributed by atoms with van der Waals surface area (Å²) in [5.74, 6) is 1.65. The molecule has 1 aliphatic heterocycles. The van der Waals surface area contributed by atoms with Crippen molar-refractivity contribution >= 4 is 34.5 Å². The van der Waals surface area contributed by atoms with E-state index in [4.69, 9.17) is 16.6 Å². The number of carbonyl (C=O) groups excluding carboxylic acids is 1. The third kappa shape index (κ3) is 4.98. The van der Waals surface area contributed by atoms with E-state index in [1.165, 1.54) is 0 Å². The fourth-order valence-electron chi connectivity index (χ4n) is 4.49. The number of aromatic nitrogens is 5. The smallest absolute Gasteiger partial charge is 0.220 e. The summed E-state index contributed by atoms with van der Waals surface area (Å²) in [6.45, 7) is 3.68. The molecular formula is C26H28ClN7O. The number of carbonyl (C=O) groups is 1. The second-order valence-corrected chi connectivity index (χ2v) is 9.20. The second-order valence-electron chi connectivity index (χ2n) is 8.76. The van der Waals surface area contributed by atoms with Crippen molar-refractivity contribution in [3.05, 3.63) is 60.0 Å². The fourth-order valence-corrected chi connectivity index (χ4v) is 4.61. The molecule has 0 unspecified atom stereocenters. The summed E-state index contributed by atoms with van der Waals surface area (Å²) in [4.78, 5) is 33.2. The molecule has 9 heteroatoms. The van der Waals surface area contributed by atoms with Gasteiger partial charge in [0.05, 0.1) is 0 Å². The van der Waals surface area contributed by atoms with Gasteiger partial charge in [0, 0.05) is 42.5 Å².